The molecule has 7 nitrogen and oxygen atoms in total. The number of carbonyl (C=O) groups excluding carboxylic acids is 3. The largest absolute Gasteiger partial charge is 0.398 e. The van der Waals surface area contributed by atoms with E-state index in [9.17, 15) is 14.4 Å². The summed E-state index contributed by atoms with van der Waals surface area (Å²) in [5, 5.41) is 0. The maximum absolute atomic E-state index is 12.8. The summed E-state index contributed by atoms with van der Waals surface area (Å²) in [6.45, 7) is 2.67. The van der Waals surface area contributed by atoms with Crippen molar-refractivity contribution in [3.63, 3.8) is 0 Å². The third-order valence-corrected chi connectivity index (χ3v) is 5.39. The molecule has 4 amide bonds. The molecule has 0 spiro atoms. The van der Waals surface area contributed by atoms with Crippen LogP contribution >= 0.6 is 0 Å². The summed E-state index contributed by atoms with van der Waals surface area (Å²) in [5.41, 5.74) is 6.91. The first-order valence-electron chi connectivity index (χ1n) is 8.88. The third kappa shape index (κ3) is 2.54. The fourth-order valence-electron chi connectivity index (χ4n) is 4.11. The average Bonchev–Trinajstić information content (AvgIpc) is 3.23. The Morgan fingerprint density at radius 3 is 2.44 bits per heavy atom. The lowest BCUT2D eigenvalue weighted by molar-refractivity contribution is 0.0491. The van der Waals surface area contributed by atoms with Gasteiger partial charge in [-0.05, 0) is 37.8 Å². The van der Waals surface area contributed by atoms with Crippen LogP contribution in [0.5, 0.6) is 0 Å². The smallest absolute Gasteiger partial charge is 0.320 e. The van der Waals surface area contributed by atoms with Crippen LogP contribution in [0, 0.1) is 0 Å². The highest BCUT2D eigenvalue weighted by molar-refractivity contribution is 6.23. The molecule has 3 heterocycles. The molecule has 1 atom stereocenters. The van der Waals surface area contributed by atoms with Crippen LogP contribution < -0.4 is 5.73 Å². The summed E-state index contributed by atoms with van der Waals surface area (Å²) in [6, 6.07) is 4.71. The molecule has 1 aromatic rings. The van der Waals surface area contributed by atoms with Crippen molar-refractivity contribution in [3.05, 3.63) is 29.3 Å². The highest BCUT2D eigenvalue weighted by Gasteiger charge is 2.43. The van der Waals surface area contributed by atoms with Crippen LogP contribution in [-0.4, -0.2) is 64.8 Å². The first-order valence-corrected chi connectivity index (χ1v) is 8.88. The third-order valence-electron chi connectivity index (χ3n) is 5.39. The monoisotopic (exact) mass is 342 g/mol. The van der Waals surface area contributed by atoms with Crippen LogP contribution in [0.15, 0.2) is 18.2 Å². The predicted octanol–water partition coefficient (Wildman–Crippen LogP) is 1.55. The molecule has 2 N–H and O–H groups in total. The van der Waals surface area contributed by atoms with E-state index in [1.165, 1.54) is 4.90 Å². The van der Waals surface area contributed by atoms with Crippen LogP contribution in [0.3, 0.4) is 0 Å². The van der Waals surface area contributed by atoms with E-state index in [4.69, 9.17) is 5.73 Å². The van der Waals surface area contributed by atoms with Crippen molar-refractivity contribution in [2.45, 2.75) is 31.7 Å². The van der Waals surface area contributed by atoms with Crippen molar-refractivity contribution >= 4 is 23.5 Å². The number of benzene rings is 1. The molecule has 0 bridgehead atoms. The maximum Gasteiger partial charge on any atom is 0.320 e. The van der Waals surface area contributed by atoms with Gasteiger partial charge in [0.1, 0.15) is 0 Å². The molecule has 3 aliphatic rings. The van der Waals surface area contributed by atoms with Gasteiger partial charge in [0.2, 0.25) is 0 Å². The molecular formula is C18H22N4O3. The molecular weight excluding hydrogens is 320 g/mol. The van der Waals surface area contributed by atoms with E-state index >= 15 is 0 Å². The molecule has 4 rings (SSSR count). The molecule has 132 valence electrons. The number of nitrogens with zero attached hydrogens (tertiary/aromatic N) is 3. The molecule has 1 aromatic carbocycles. The number of anilines is 1. The normalized spacial score (nSPS) is 23.4. The zero-order valence-electron chi connectivity index (χ0n) is 14.1. The van der Waals surface area contributed by atoms with Crippen LogP contribution in [0.25, 0.3) is 0 Å². The minimum absolute atomic E-state index is 0.0262. The second-order valence-electron chi connectivity index (χ2n) is 6.97. The number of hydrogen-bond acceptors (Lipinski definition) is 4. The van der Waals surface area contributed by atoms with E-state index in [0.29, 0.717) is 29.9 Å². The van der Waals surface area contributed by atoms with E-state index < -0.39 is 0 Å². The lowest BCUT2D eigenvalue weighted by Gasteiger charge is -2.38. The zero-order valence-corrected chi connectivity index (χ0v) is 14.1. The van der Waals surface area contributed by atoms with Gasteiger partial charge in [0.25, 0.3) is 11.8 Å². The molecule has 1 unspecified atom stereocenters. The number of nitrogen functional groups attached to an aromatic ring is 1. The number of urea groups is 1. The summed E-state index contributed by atoms with van der Waals surface area (Å²) in [7, 11) is 0. The van der Waals surface area contributed by atoms with Crippen molar-refractivity contribution in [1.82, 2.24) is 14.7 Å². The first-order chi connectivity index (χ1) is 12.1. The van der Waals surface area contributed by atoms with Gasteiger partial charge < -0.3 is 15.5 Å². The van der Waals surface area contributed by atoms with Crippen molar-refractivity contribution in [3.8, 4) is 0 Å². The summed E-state index contributed by atoms with van der Waals surface area (Å²) in [6.07, 6.45) is 3.59. The van der Waals surface area contributed by atoms with Gasteiger partial charge in [-0.3, -0.25) is 14.5 Å². The quantitative estimate of drug-likeness (QED) is 0.619. The molecule has 0 saturated carbocycles. The van der Waals surface area contributed by atoms with Crippen LogP contribution in [-0.2, 0) is 0 Å². The fraction of sp³-hybridized carbons (Fsp3) is 0.500. The highest BCUT2D eigenvalue weighted by atomic mass is 16.2. The predicted molar refractivity (Wildman–Crippen MR) is 92.2 cm³/mol. The van der Waals surface area contributed by atoms with Gasteiger partial charge in [-0.2, -0.15) is 0 Å². The molecule has 25 heavy (non-hydrogen) atoms. The van der Waals surface area contributed by atoms with Gasteiger partial charge >= 0.3 is 6.03 Å². The van der Waals surface area contributed by atoms with E-state index in [0.717, 1.165) is 38.8 Å². The number of likely N-dealkylation sites (tertiary alicyclic amines) is 2. The summed E-state index contributed by atoms with van der Waals surface area (Å²) < 4.78 is 0. The van der Waals surface area contributed by atoms with Gasteiger partial charge in [0.05, 0.1) is 17.2 Å². The van der Waals surface area contributed by atoms with Crippen molar-refractivity contribution in [2.24, 2.45) is 0 Å². The highest BCUT2D eigenvalue weighted by Crippen LogP contribution is 2.31. The topological polar surface area (TPSA) is 87.0 Å². The Bertz CT molecular complexity index is 742. The number of nitrogens with two attached hydrogens (primary N) is 1. The molecule has 3 aliphatic heterocycles. The number of imide groups is 1. The Hall–Kier alpha value is -2.57. The minimum atomic E-state index is -0.335. The molecule has 7 heteroatoms. The van der Waals surface area contributed by atoms with E-state index in [-0.39, 0.29) is 23.9 Å². The van der Waals surface area contributed by atoms with Crippen molar-refractivity contribution in [2.75, 3.05) is 31.9 Å². The Balaban J connectivity index is 1.54. The Morgan fingerprint density at radius 1 is 1.00 bits per heavy atom. The van der Waals surface area contributed by atoms with Crippen molar-refractivity contribution < 1.29 is 14.4 Å². The second-order valence-corrected chi connectivity index (χ2v) is 6.97. The number of hydrogen-bond donors (Lipinski definition) is 1. The Morgan fingerprint density at radius 2 is 1.72 bits per heavy atom. The van der Waals surface area contributed by atoms with E-state index in [2.05, 4.69) is 0 Å². The van der Waals surface area contributed by atoms with Gasteiger partial charge in [0, 0.05) is 31.9 Å². The minimum Gasteiger partial charge on any atom is -0.398 e. The van der Waals surface area contributed by atoms with Crippen LogP contribution in [0.4, 0.5) is 10.5 Å². The standard InChI is InChI=1S/C18H22N4O3/c19-14-7-3-6-13-15(14)17(24)22(16(13)23)12-5-4-10-21(11-12)18(25)20-8-1-2-9-20/h3,6-7,12H,1-2,4-5,8-11,19H2. The van der Waals surface area contributed by atoms with Crippen molar-refractivity contribution in [1.29, 1.82) is 0 Å². The number of piperidine rings is 1. The molecule has 0 aromatic heterocycles. The second kappa shape index (κ2) is 6.06. The molecule has 2 saturated heterocycles. The number of fused-ring (bicyclic) bond motifs is 1. The lowest BCUT2D eigenvalue weighted by atomic mass is 10.0. The summed E-state index contributed by atoms with van der Waals surface area (Å²) in [4.78, 5) is 43.1. The Labute approximate surface area is 146 Å². The molecule has 0 radical (unpaired) electrons. The number of amides is 4. The lowest BCUT2D eigenvalue weighted by Crippen LogP contribution is -2.54. The SMILES string of the molecule is Nc1cccc2c1C(=O)N(C1CCCN(C(=O)N3CCCC3)C1)C2=O. The average molecular weight is 342 g/mol. The van der Waals surface area contributed by atoms with Gasteiger partial charge in [0.15, 0.2) is 0 Å². The van der Waals surface area contributed by atoms with E-state index in [1.807, 2.05) is 4.90 Å². The zero-order chi connectivity index (χ0) is 17.6. The number of carbonyl (C=O) groups is 3. The molecule has 0 aliphatic carbocycles. The Kier molecular flexibility index (Phi) is 3.86. The van der Waals surface area contributed by atoms with Gasteiger partial charge in [-0.15, -0.1) is 0 Å². The summed E-state index contributed by atoms with van der Waals surface area (Å²) in [5.74, 6) is -0.633. The molecule has 2 fully saturated rings. The van der Waals surface area contributed by atoms with Crippen LogP contribution in [0.2, 0.25) is 0 Å². The van der Waals surface area contributed by atoms with Crippen LogP contribution in [0.1, 0.15) is 46.4 Å². The van der Waals surface area contributed by atoms with E-state index in [1.54, 1.807) is 23.1 Å². The maximum atomic E-state index is 12.8. The number of rotatable bonds is 1. The first kappa shape index (κ1) is 15.9. The summed E-state index contributed by atoms with van der Waals surface area (Å²) >= 11 is 0. The van der Waals surface area contributed by atoms with Gasteiger partial charge in [-0.25, -0.2) is 4.79 Å². The van der Waals surface area contributed by atoms with Gasteiger partial charge in [-0.1, -0.05) is 6.07 Å². The fourth-order valence-corrected chi connectivity index (χ4v) is 4.11.